The first-order chi connectivity index (χ1) is 10.1. The van der Waals surface area contributed by atoms with Crippen LogP contribution in [-0.2, 0) is 9.53 Å². The van der Waals surface area contributed by atoms with Crippen molar-refractivity contribution < 1.29 is 9.53 Å². The third kappa shape index (κ3) is 3.43. The number of carbonyl (C=O) groups is 1. The highest BCUT2D eigenvalue weighted by Crippen LogP contribution is 2.32. The maximum atomic E-state index is 12.0. The summed E-state index contributed by atoms with van der Waals surface area (Å²) in [5.74, 6) is -0.229. The van der Waals surface area contributed by atoms with Crippen molar-refractivity contribution in [3.8, 4) is 0 Å². The molecule has 2 heterocycles. The van der Waals surface area contributed by atoms with Crippen molar-refractivity contribution in [2.75, 3.05) is 26.3 Å². The highest BCUT2D eigenvalue weighted by molar-refractivity contribution is 8.18. The van der Waals surface area contributed by atoms with Crippen molar-refractivity contribution in [1.82, 2.24) is 4.90 Å². The molecule has 0 radical (unpaired) electrons. The maximum Gasteiger partial charge on any atom is 0.286 e. The molecule has 21 heavy (non-hydrogen) atoms. The molecule has 1 aromatic carbocycles. The van der Waals surface area contributed by atoms with E-state index in [4.69, 9.17) is 27.9 Å². The Morgan fingerprint density at radius 1 is 1.29 bits per heavy atom. The van der Waals surface area contributed by atoms with Gasteiger partial charge in [0.25, 0.3) is 5.91 Å². The Hall–Kier alpha value is -1.01. The van der Waals surface area contributed by atoms with Gasteiger partial charge in [0.1, 0.15) is 0 Å². The van der Waals surface area contributed by atoms with Gasteiger partial charge in [-0.15, -0.1) is 0 Å². The first-order valence-corrected chi connectivity index (χ1v) is 8.01. The molecule has 0 unspecified atom stereocenters. The monoisotopic (exact) mass is 342 g/mol. The molecule has 1 fully saturated rings. The van der Waals surface area contributed by atoms with Crippen molar-refractivity contribution in [3.05, 3.63) is 38.7 Å². The van der Waals surface area contributed by atoms with Crippen LogP contribution in [0.1, 0.15) is 5.56 Å². The molecule has 0 spiro atoms. The number of rotatable bonds is 1. The summed E-state index contributed by atoms with van der Waals surface area (Å²) in [5, 5.41) is 1.82. The van der Waals surface area contributed by atoms with E-state index in [2.05, 4.69) is 9.89 Å². The molecular weight excluding hydrogens is 331 g/mol. The second-order valence-corrected chi connectivity index (χ2v) is 6.43. The van der Waals surface area contributed by atoms with E-state index in [0.29, 0.717) is 28.2 Å². The number of benzene rings is 1. The van der Waals surface area contributed by atoms with Crippen LogP contribution < -0.4 is 0 Å². The SMILES string of the molecule is O=C1N=C(N2CCOCC2)SC1=Cc1ccc(Cl)cc1Cl. The van der Waals surface area contributed by atoms with Crippen LogP contribution in [0.25, 0.3) is 6.08 Å². The van der Waals surface area contributed by atoms with Gasteiger partial charge in [-0.2, -0.15) is 4.99 Å². The van der Waals surface area contributed by atoms with E-state index in [1.807, 2.05) is 0 Å². The molecule has 1 aromatic rings. The lowest BCUT2D eigenvalue weighted by Gasteiger charge is -2.27. The highest BCUT2D eigenvalue weighted by atomic mass is 35.5. The normalized spacial score (nSPS) is 21.0. The van der Waals surface area contributed by atoms with E-state index >= 15 is 0 Å². The Balaban J connectivity index is 1.79. The zero-order valence-corrected chi connectivity index (χ0v) is 13.3. The molecule has 1 amide bonds. The molecular formula is C14H12Cl2N2O2S. The molecule has 2 aliphatic rings. The van der Waals surface area contributed by atoms with Crippen LogP contribution in [0.15, 0.2) is 28.1 Å². The van der Waals surface area contributed by atoms with E-state index < -0.39 is 0 Å². The fourth-order valence-corrected chi connectivity index (χ4v) is 3.47. The van der Waals surface area contributed by atoms with Gasteiger partial charge in [-0.1, -0.05) is 29.3 Å². The zero-order chi connectivity index (χ0) is 14.8. The summed E-state index contributed by atoms with van der Waals surface area (Å²) in [7, 11) is 0. The summed E-state index contributed by atoms with van der Waals surface area (Å²) in [6.07, 6.45) is 1.75. The van der Waals surface area contributed by atoms with Gasteiger partial charge in [-0.3, -0.25) is 4.79 Å². The highest BCUT2D eigenvalue weighted by Gasteiger charge is 2.27. The van der Waals surface area contributed by atoms with Crippen molar-refractivity contribution in [3.63, 3.8) is 0 Å². The topological polar surface area (TPSA) is 41.9 Å². The van der Waals surface area contributed by atoms with Gasteiger partial charge in [-0.05, 0) is 35.5 Å². The summed E-state index contributed by atoms with van der Waals surface area (Å²) < 4.78 is 5.30. The molecule has 0 atom stereocenters. The first kappa shape index (κ1) is 14.9. The van der Waals surface area contributed by atoms with E-state index in [1.54, 1.807) is 24.3 Å². The van der Waals surface area contributed by atoms with E-state index in [1.165, 1.54) is 11.8 Å². The number of amides is 1. The number of carbonyl (C=O) groups excluding carboxylic acids is 1. The minimum absolute atomic E-state index is 0.229. The Labute approximate surface area is 136 Å². The number of ether oxygens (including phenoxy) is 1. The van der Waals surface area contributed by atoms with Crippen LogP contribution in [0.5, 0.6) is 0 Å². The summed E-state index contributed by atoms with van der Waals surface area (Å²) in [6.45, 7) is 2.84. The number of amidine groups is 1. The third-order valence-corrected chi connectivity index (χ3v) is 4.75. The molecule has 0 aromatic heterocycles. The summed E-state index contributed by atoms with van der Waals surface area (Å²) in [4.78, 5) is 18.8. The number of morpholine rings is 1. The lowest BCUT2D eigenvalue weighted by atomic mass is 10.2. The zero-order valence-electron chi connectivity index (χ0n) is 11.0. The third-order valence-electron chi connectivity index (χ3n) is 3.14. The minimum Gasteiger partial charge on any atom is -0.378 e. The van der Waals surface area contributed by atoms with Gasteiger partial charge in [-0.25, -0.2) is 0 Å². The predicted molar refractivity (Wildman–Crippen MR) is 86.9 cm³/mol. The molecule has 3 rings (SSSR count). The number of nitrogens with zero attached hydrogens (tertiary/aromatic N) is 2. The van der Waals surface area contributed by atoms with Crippen LogP contribution >= 0.6 is 35.0 Å². The molecule has 0 N–H and O–H groups in total. The lowest BCUT2D eigenvalue weighted by Crippen LogP contribution is -2.38. The van der Waals surface area contributed by atoms with Crippen LogP contribution in [0.4, 0.5) is 0 Å². The Bertz CT molecular complexity index is 640. The standard InChI is InChI=1S/C14H12Cl2N2O2S/c15-10-2-1-9(11(16)8-10)7-12-13(19)17-14(21-12)18-3-5-20-6-4-18/h1-2,7-8H,3-6H2. The second kappa shape index (κ2) is 6.40. The number of hydrogen-bond donors (Lipinski definition) is 0. The molecule has 4 nitrogen and oxygen atoms in total. The molecule has 0 bridgehead atoms. The Morgan fingerprint density at radius 3 is 2.76 bits per heavy atom. The molecule has 110 valence electrons. The molecule has 0 saturated carbocycles. The van der Waals surface area contributed by atoms with E-state index in [9.17, 15) is 4.79 Å². The largest absolute Gasteiger partial charge is 0.378 e. The average Bonchev–Trinajstić information content (AvgIpc) is 2.84. The smallest absolute Gasteiger partial charge is 0.286 e. The quantitative estimate of drug-likeness (QED) is 0.734. The van der Waals surface area contributed by atoms with Crippen LogP contribution in [0, 0.1) is 0 Å². The fourth-order valence-electron chi connectivity index (χ4n) is 2.05. The van der Waals surface area contributed by atoms with Crippen molar-refractivity contribution in [2.24, 2.45) is 4.99 Å². The van der Waals surface area contributed by atoms with E-state index in [0.717, 1.165) is 23.8 Å². The lowest BCUT2D eigenvalue weighted by molar-refractivity contribution is -0.113. The molecule has 0 aliphatic carbocycles. The van der Waals surface area contributed by atoms with Gasteiger partial charge < -0.3 is 9.64 Å². The van der Waals surface area contributed by atoms with Gasteiger partial charge in [0, 0.05) is 23.1 Å². The summed E-state index contributed by atoms with van der Waals surface area (Å²) in [5.41, 5.74) is 0.760. The number of aliphatic imine (C=N–C) groups is 1. The summed E-state index contributed by atoms with van der Waals surface area (Å²) in [6, 6.07) is 5.19. The van der Waals surface area contributed by atoms with Gasteiger partial charge >= 0.3 is 0 Å². The van der Waals surface area contributed by atoms with Crippen LogP contribution in [0.2, 0.25) is 10.0 Å². The first-order valence-electron chi connectivity index (χ1n) is 6.44. The summed E-state index contributed by atoms with van der Waals surface area (Å²) >= 11 is 13.4. The second-order valence-electron chi connectivity index (χ2n) is 4.58. The van der Waals surface area contributed by atoms with Crippen molar-refractivity contribution in [1.29, 1.82) is 0 Å². The van der Waals surface area contributed by atoms with Crippen LogP contribution in [-0.4, -0.2) is 42.3 Å². The van der Waals surface area contributed by atoms with Crippen molar-refractivity contribution in [2.45, 2.75) is 0 Å². The fraction of sp³-hybridized carbons (Fsp3) is 0.286. The van der Waals surface area contributed by atoms with Crippen molar-refractivity contribution >= 4 is 52.1 Å². The number of halogens is 2. The van der Waals surface area contributed by atoms with Crippen LogP contribution in [0.3, 0.4) is 0 Å². The molecule has 1 saturated heterocycles. The molecule has 7 heteroatoms. The Kier molecular flexibility index (Phi) is 4.54. The van der Waals surface area contributed by atoms with Gasteiger partial charge in [0.05, 0.1) is 18.1 Å². The molecule has 2 aliphatic heterocycles. The number of thioether (sulfide) groups is 1. The number of hydrogen-bond acceptors (Lipinski definition) is 4. The van der Waals surface area contributed by atoms with Gasteiger partial charge in [0.2, 0.25) is 0 Å². The maximum absolute atomic E-state index is 12.0. The minimum atomic E-state index is -0.229. The van der Waals surface area contributed by atoms with E-state index in [-0.39, 0.29) is 5.91 Å². The predicted octanol–water partition coefficient (Wildman–Crippen LogP) is 3.30. The average molecular weight is 343 g/mol. The Morgan fingerprint density at radius 2 is 2.05 bits per heavy atom. The van der Waals surface area contributed by atoms with Gasteiger partial charge in [0.15, 0.2) is 5.17 Å².